The Morgan fingerprint density at radius 3 is 1.98 bits per heavy atom. The Morgan fingerprint density at radius 2 is 1.44 bits per heavy atom. The minimum absolute atomic E-state index is 0.0185. The predicted molar refractivity (Wildman–Crippen MR) is 228 cm³/mol. The Bertz CT molecular complexity index is 2080. The van der Waals surface area contributed by atoms with Gasteiger partial charge in [0.05, 0.1) is 0 Å². The van der Waals surface area contributed by atoms with Gasteiger partial charge in [-0.25, -0.2) is 8.98 Å². The molecule has 20 nitrogen and oxygen atoms in total. The van der Waals surface area contributed by atoms with Gasteiger partial charge in [-0.3, -0.25) is 33.3 Å². The molecule has 2 aliphatic rings. The molecule has 7 N–H and O–H groups in total. The Labute approximate surface area is 372 Å². The number of hydrogen-bond donors (Lipinski definition) is 7. The Morgan fingerprint density at radius 1 is 0.859 bits per heavy atom. The number of piperidine rings is 1. The van der Waals surface area contributed by atoms with Crippen LogP contribution in [0.4, 0.5) is 0 Å². The lowest BCUT2D eigenvalue weighted by atomic mass is 9.94. The van der Waals surface area contributed by atoms with Crippen LogP contribution in [0.25, 0.3) is 0 Å². The molecule has 0 spiro atoms. The number of carbonyl (C=O) groups is 7. The van der Waals surface area contributed by atoms with E-state index in [1.807, 2.05) is 0 Å². The molecule has 2 heterocycles. The molecule has 10 atom stereocenters. The Kier molecular flexibility index (Phi) is 18.3. The van der Waals surface area contributed by atoms with E-state index in [9.17, 15) is 52.2 Å². The third kappa shape index (κ3) is 14.0. The molecule has 0 saturated carbocycles. The number of carbonyl (C=O) groups excluding carboxylic acids is 7. The molecule has 2 aromatic carbocycles. The van der Waals surface area contributed by atoms with E-state index in [-0.39, 0.29) is 38.0 Å². The number of cyclic esters (lactones) is 1. The van der Waals surface area contributed by atoms with Gasteiger partial charge in [-0.05, 0) is 49.1 Å². The zero-order chi connectivity index (χ0) is 47.5. The molecule has 6 amide bonds. The van der Waals surface area contributed by atoms with Crippen LogP contribution in [0, 0.1) is 11.8 Å². The molecule has 2 aliphatic heterocycles. The zero-order valence-corrected chi connectivity index (χ0v) is 37.5. The quantitative estimate of drug-likeness (QED) is 0.101. The third-order valence-electron chi connectivity index (χ3n) is 11.3. The second kappa shape index (κ2) is 22.9. The number of hydrogen-bond acceptors (Lipinski definition) is 13. The van der Waals surface area contributed by atoms with Gasteiger partial charge in [0.15, 0.2) is 6.10 Å². The highest BCUT2D eigenvalue weighted by molar-refractivity contribution is 7.80. The number of nitrogens with one attached hydrogen (secondary N) is 4. The van der Waals surface area contributed by atoms with Crippen LogP contribution in [0.1, 0.15) is 71.4 Å². The largest absolute Gasteiger partial charge is 0.458 e. The van der Waals surface area contributed by atoms with Gasteiger partial charge in [0.25, 0.3) is 5.91 Å². The number of esters is 1. The van der Waals surface area contributed by atoms with Crippen LogP contribution >= 0.6 is 0 Å². The lowest BCUT2D eigenvalue weighted by molar-refractivity contribution is -0.165. The molecule has 0 radical (unpaired) electrons. The van der Waals surface area contributed by atoms with Crippen LogP contribution in [0.15, 0.2) is 60.7 Å². The van der Waals surface area contributed by atoms with E-state index >= 15 is 0 Å². The third-order valence-corrected chi connectivity index (χ3v) is 11.8. The highest BCUT2D eigenvalue weighted by atomic mass is 32.3. The van der Waals surface area contributed by atoms with Gasteiger partial charge >= 0.3 is 16.4 Å². The lowest BCUT2D eigenvalue weighted by Gasteiger charge is -2.43. The first-order chi connectivity index (χ1) is 30.1. The number of nitrogens with zero attached hydrogens (tertiary/aromatic N) is 2. The summed E-state index contributed by atoms with van der Waals surface area (Å²) in [6.07, 6.45) is -5.35. The number of aliphatic hydroxyl groups is 2. The van der Waals surface area contributed by atoms with E-state index in [0.717, 1.165) is 9.80 Å². The monoisotopic (exact) mass is 916 g/mol. The van der Waals surface area contributed by atoms with E-state index in [1.165, 1.54) is 14.0 Å². The van der Waals surface area contributed by atoms with Crippen molar-refractivity contribution in [2.45, 2.75) is 128 Å². The standard InChI is InChI=1S/C43H60N6O14S/c1-7-25(4)35-43(58)63-26(5)36(47-39(54)33(50)23-62-64(59,60)61)40(55)45-30(20-24(2)3)37(52)44-29-18-19-34(51)49(41(29)56)32(22-28-16-12-9-13-17-28)42(57)48(6)31(38(53)46-35)21-27-14-10-8-11-15-27/h8-17,24-26,29-36,50-51H,7,18-23H2,1-6H3,(H,44,52)(H,45,55)(H,46,53)(H,47,54)(H,59,60,61)/t25-,26+,29-,30-,31?,32?,33+,34+,35?,36-/m0/s1. The van der Waals surface area contributed by atoms with Crippen LogP contribution in [0.2, 0.25) is 0 Å². The van der Waals surface area contributed by atoms with Gasteiger partial charge < -0.3 is 46.0 Å². The first kappa shape index (κ1) is 51.2. The first-order valence-corrected chi connectivity index (χ1v) is 22.5. The van der Waals surface area contributed by atoms with Gasteiger partial charge in [-0.15, -0.1) is 0 Å². The summed E-state index contributed by atoms with van der Waals surface area (Å²) in [4.78, 5) is 102. The second-order valence-corrected chi connectivity index (χ2v) is 17.7. The van der Waals surface area contributed by atoms with Crippen molar-refractivity contribution in [2.24, 2.45) is 11.8 Å². The predicted octanol–water partition coefficient (Wildman–Crippen LogP) is -0.235. The number of rotatable bonds is 13. The molecule has 2 fully saturated rings. The Hall–Kier alpha value is -5.48. The van der Waals surface area contributed by atoms with Crippen LogP contribution in [-0.2, 0) is 65.7 Å². The zero-order valence-electron chi connectivity index (χ0n) is 36.7. The summed E-state index contributed by atoms with van der Waals surface area (Å²) in [6.45, 7) is 6.85. The van der Waals surface area contributed by atoms with Crippen molar-refractivity contribution in [1.82, 2.24) is 31.1 Å². The molecule has 4 rings (SSSR count). The van der Waals surface area contributed by atoms with Gasteiger partial charge in [0.1, 0.15) is 55.2 Å². The fraction of sp³-hybridized carbons (Fsp3) is 0.558. The fourth-order valence-corrected chi connectivity index (χ4v) is 7.83. The van der Waals surface area contributed by atoms with Crippen molar-refractivity contribution in [2.75, 3.05) is 13.7 Å². The summed E-state index contributed by atoms with van der Waals surface area (Å²) in [5.41, 5.74) is 1.26. The van der Waals surface area contributed by atoms with Crippen molar-refractivity contribution >= 4 is 51.8 Å². The minimum Gasteiger partial charge on any atom is -0.458 e. The first-order valence-electron chi connectivity index (χ1n) is 21.2. The van der Waals surface area contributed by atoms with Crippen LogP contribution in [0.5, 0.6) is 0 Å². The molecule has 2 saturated heterocycles. The second-order valence-electron chi connectivity index (χ2n) is 16.6. The van der Waals surface area contributed by atoms with E-state index in [1.54, 1.807) is 88.4 Å². The highest BCUT2D eigenvalue weighted by Crippen LogP contribution is 2.25. The fourth-order valence-electron chi connectivity index (χ4n) is 7.53. The number of likely N-dealkylation sites (N-methyl/N-ethyl adjacent to an activating group) is 1. The minimum atomic E-state index is -5.10. The summed E-state index contributed by atoms with van der Waals surface area (Å²) < 4.78 is 41.1. The molecule has 3 unspecified atom stereocenters. The molecule has 352 valence electrons. The number of ether oxygens (including phenoxy) is 1. The van der Waals surface area contributed by atoms with E-state index in [4.69, 9.17) is 9.29 Å². The van der Waals surface area contributed by atoms with Crippen molar-refractivity contribution in [3.63, 3.8) is 0 Å². The van der Waals surface area contributed by atoms with Crippen LogP contribution < -0.4 is 21.3 Å². The van der Waals surface area contributed by atoms with E-state index in [2.05, 4.69) is 25.5 Å². The summed E-state index contributed by atoms with van der Waals surface area (Å²) in [5, 5.41) is 32.0. The molecule has 0 aromatic heterocycles. The topological polar surface area (TPSA) is 287 Å². The molecule has 2 aromatic rings. The number of aliphatic hydroxyl groups excluding tert-OH is 2. The number of benzene rings is 2. The van der Waals surface area contributed by atoms with Crippen molar-refractivity contribution in [3.05, 3.63) is 71.8 Å². The summed E-state index contributed by atoms with van der Waals surface area (Å²) >= 11 is 0. The van der Waals surface area contributed by atoms with Crippen molar-refractivity contribution < 1.29 is 65.7 Å². The van der Waals surface area contributed by atoms with Gasteiger partial charge in [-0.2, -0.15) is 8.42 Å². The average molecular weight is 917 g/mol. The molecular weight excluding hydrogens is 857 g/mol. The molecule has 64 heavy (non-hydrogen) atoms. The van der Waals surface area contributed by atoms with Gasteiger partial charge in [0.2, 0.25) is 29.5 Å². The molecule has 2 bridgehead atoms. The molecular formula is C43H60N6O14S. The van der Waals surface area contributed by atoms with Gasteiger partial charge in [0, 0.05) is 19.9 Å². The maximum Gasteiger partial charge on any atom is 0.397 e. The smallest absolute Gasteiger partial charge is 0.397 e. The van der Waals surface area contributed by atoms with Crippen molar-refractivity contribution in [1.29, 1.82) is 0 Å². The number of amides is 6. The Balaban J connectivity index is 1.87. The molecule has 21 heteroatoms. The normalized spacial score (nSPS) is 26.7. The molecule has 0 aliphatic carbocycles. The maximum atomic E-state index is 15.0. The summed E-state index contributed by atoms with van der Waals surface area (Å²) in [7, 11) is -3.72. The van der Waals surface area contributed by atoms with Gasteiger partial charge in [-0.1, -0.05) is 94.8 Å². The van der Waals surface area contributed by atoms with Crippen LogP contribution in [-0.4, -0.2) is 143 Å². The highest BCUT2D eigenvalue weighted by Gasteiger charge is 2.46. The van der Waals surface area contributed by atoms with E-state index in [0.29, 0.717) is 17.5 Å². The number of fused-ring (bicyclic) bond motifs is 2. The van der Waals surface area contributed by atoms with Crippen LogP contribution in [0.3, 0.4) is 0 Å². The lowest BCUT2D eigenvalue weighted by Crippen LogP contribution is -2.65. The summed E-state index contributed by atoms with van der Waals surface area (Å²) in [5.74, 6) is -7.60. The average Bonchev–Trinajstić information content (AvgIpc) is 3.24. The summed E-state index contributed by atoms with van der Waals surface area (Å²) in [6, 6.07) is 8.76. The van der Waals surface area contributed by atoms with Crippen molar-refractivity contribution in [3.8, 4) is 0 Å². The SMILES string of the molecule is CC[C@H](C)C1NC(=O)C(Cc2ccccc2)N(C)C(=O)C(Cc2ccccc2)N2C(=O)[C@H](CC[C@H]2O)NC(=O)[C@H](CC(C)C)NC(=O)[C@@H](NC(=O)[C@H](O)COS(=O)(=O)O)[C@@H](C)OC1=O. The van der Waals surface area contributed by atoms with E-state index < -0.39 is 119 Å². The maximum absolute atomic E-state index is 15.0.